The number of aryl methyl sites for hydroxylation is 1. The highest BCUT2D eigenvalue weighted by molar-refractivity contribution is 7.17. The third-order valence-electron chi connectivity index (χ3n) is 6.92. The number of nitrogens with zero attached hydrogens (tertiary/aromatic N) is 2. The minimum Gasteiger partial charge on any atom is -0.507 e. The lowest BCUT2D eigenvalue weighted by atomic mass is 9.95. The SMILES string of the molecule is C=CCOc1ccc([C@@H]2C(=C(O)c3ccc(OCCCC)cc3)C(=O)C(=O)N2c2nc(C)c(C(=O)OCC(C)C)s2)cc1OC. The van der Waals surface area contributed by atoms with Gasteiger partial charge in [-0.25, -0.2) is 9.78 Å². The molecule has 1 fully saturated rings. The van der Waals surface area contributed by atoms with Gasteiger partial charge in [-0.2, -0.15) is 0 Å². The molecule has 45 heavy (non-hydrogen) atoms. The van der Waals surface area contributed by atoms with E-state index in [1.807, 2.05) is 13.8 Å². The zero-order valence-electron chi connectivity index (χ0n) is 26.1. The topological polar surface area (TPSA) is 124 Å². The first-order valence-electron chi connectivity index (χ1n) is 14.7. The Hall–Kier alpha value is -4.64. The lowest BCUT2D eigenvalue weighted by Crippen LogP contribution is -2.29. The maximum absolute atomic E-state index is 13.7. The second kappa shape index (κ2) is 14.9. The van der Waals surface area contributed by atoms with E-state index in [-0.39, 0.29) is 40.5 Å². The molecule has 0 spiro atoms. The smallest absolute Gasteiger partial charge is 0.350 e. The van der Waals surface area contributed by atoms with Crippen LogP contribution in [0.5, 0.6) is 17.2 Å². The number of carbonyl (C=O) groups is 3. The largest absolute Gasteiger partial charge is 0.507 e. The molecule has 11 heteroatoms. The number of ketones is 1. The zero-order valence-corrected chi connectivity index (χ0v) is 26.9. The Morgan fingerprint density at radius 3 is 2.51 bits per heavy atom. The standard InChI is InChI=1S/C34H38N2O8S/c1-7-9-17-42-24-13-10-22(11-14-24)29(37)27-28(23-12-15-25(43-16-8-2)26(18-23)41-6)36(32(39)30(27)38)34-35-21(5)31(45-34)33(40)44-19-20(3)4/h8,10-15,18,20,28,37H,2,7,9,16-17,19H2,1,3-6H3/t28-/m1/s1. The Kier molecular flexibility index (Phi) is 11.0. The molecular weight excluding hydrogens is 596 g/mol. The molecule has 0 unspecified atom stereocenters. The molecule has 10 nitrogen and oxygen atoms in total. The lowest BCUT2D eigenvalue weighted by molar-refractivity contribution is -0.132. The molecule has 238 valence electrons. The number of aliphatic hydroxyl groups excluding tert-OH is 1. The molecule has 2 heterocycles. The summed E-state index contributed by atoms with van der Waals surface area (Å²) in [5.41, 5.74) is 0.994. The van der Waals surface area contributed by atoms with E-state index in [4.69, 9.17) is 18.9 Å². The van der Waals surface area contributed by atoms with Crippen molar-refractivity contribution in [2.45, 2.75) is 46.6 Å². The van der Waals surface area contributed by atoms with Crippen LogP contribution in [0.3, 0.4) is 0 Å². The summed E-state index contributed by atoms with van der Waals surface area (Å²) in [5.74, 6) is -1.21. The fourth-order valence-electron chi connectivity index (χ4n) is 4.65. The number of rotatable bonds is 14. The number of aromatic nitrogens is 1. The minimum atomic E-state index is -1.10. The number of carbonyl (C=O) groups excluding carboxylic acids is 3. The predicted molar refractivity (Wildman–Crippen MR) is 172 cm³/mol. The second-order valence-corrected chi connectivity index (χ2v) is 11.8. The molecule has 1 aliphatic heterocycles. The number of anilines is 1. The monoisotopic (exact) mass is 634 g/mol. The molecule has 1 aromatic heterocycles. The first-order chi connectivity index (χ1) is 21.6. The summed E-state index contributed by atoms with van der Waals surface area (Å²) >= 11 is 0.945. The molecule has 0 saturated carbocycles. The van der Waals surface area contributed by atoms with Gasteiger partial charge in [0.05, 0.1) is 37.6 Å². The summed E-state index contributed by atoms with van der Waals surface area (Å²) in [4.78, 5) is 46.1. The number of aliphatic hydroxyl groups is 1. The van der Waals surface area contributed by atoms with Crippen LogP contribution in [0.2, 0.25) is 0 Å². The van der Waals surface area contributed by atoms with Gasteiger partial charge in [0.15, 0.2) is 16.6 Å². The summed E-state index contributed by atoms with van der Waals surface area (Å²) in [7, 11) is 1.47. The average Bonchev–Trinajstić information content (AvgIpc) is 3.54. The minimum absolute atomic E-state index is 0.112. The van der Waals surface area contributed by atoms with Crippen molar-refractivity contribution in [1.29, 1.82) is 0 Å². The van der Waals surface area contributed by atoms with E-state index in [1.54, 1.807) is 55.5 Å². The summed E-state index contributed by atoms with van der Waals surface area (Å²) in [6, 6.07) is 10.5. The predicted octanol–water partition coefficient (Wildman–Crippen LogP) is 6.64. The van der Waals surface area contributed by atoms with Crippen molar-refractivity contribution in [3.8, 4) is 17.2 Å². The maximum atomic E-state index is 13.7. The molecule has 0 radical (unpaired) electrons. The first-order valence-corrected chi connectivity index (χ1v) is 15.5. The summed E-state index contributed by atoms with van der Waals surface area (Å²) in [6.07, 6.45) is 3.49. The number of unbranched alkanes of at least 4 members (excludes halogenated alkanes) is 1. The number of thiazole rings is 1. The van der Waals surface area contributed by atoms with Crippen LogP contribution in [0.1, 0.15) is 66.1 Å². The van der Waals surface area contributed by atoms with Crippen molar-refractivity contribution in [2.75, 3.05) is 31.8 Å². The van der Waals surface area contributed by atoms with Crippen LogP contribution in [0.15, 0.2) is 60.7 Å². The van der Waals surface area contributed by atoms with Gasteiger partial charge in [0.2, 0.25) is 0 Å². The molecule has 3 aromatic rings. The van der Waals surface area contributed by atoms with Crippen LogP contribution >= 0.6 is 11.3 Å². The Morgan fingerprint density at radius 1 is 1.13 bits per heavy atom. The van der Waals surface area contributed by atoms with Crippen LogP contribution in [-0.2, 0) is 14.3 Å². The van der Waals surface area contributed by atoms with Crippen molar-refractivity contribution >= 4 is 39.9 Å². The van der Waals surface area contributed by atoms with Crippen molar-refractivity contribution in [3.63, 3.8) is 0 Å². The summed E-state index contributed by atoms with van der Waals surface area (Å²) < 4.78 is 22.4. The van der Waals surface area contributed by atoms with Gasteiger partial charge in [0.1, 0.15) is 23.0 Å². The van der Waals surface area contributed by atoms with Crippen LogP contribution in [0, 0.1) is 12.8 Å². The van der Waals surface area contributed by atoms with Gasteiger partial charge in [-0.15, -0.1) is 0 Å². The fourth-order valence-corrected chi connectivity index (χ4v) is 5.64. The number of ether oxygens (including phenoxy) is 4. The maximum Gasteiger partial charge on any atom is 0.350 e. The molecule has 0 aliphatic carbocycles. The van der Waals surface area contributed by atoms with E-state index in [2.05, 4.69) is 18.5 Å². The molecule has 1 saturated heterocycles. The average molecular weight is 635 g/mol. The van der Waals surface area contributed by atoms with Crippen LogP contribution in [0.25, 0.3) is 5.76 Å². The van der Waals surface area contributed by atoms with E-state index < -0.39 is 23.7 Å². The van der Waals surface area contributed by atoms with Crippen LogP contribution in [-0.4, -0.2) is 54.7 Å². The number of esters is 1. The molecule has 2 aromatic carbocycles. The summed E-state index contributed by atoms with van der Waals surface area (Å²) in [6.45, 7) is 12.2. The van der Waals surface area contributed by atoms with E-state index in [9.17, 15) is 19.5 Å². The Labute approximate surface area is 266 Å². The van der Waals surface area contributed by atoms with Gasteiger partial charge in [0, 0.05) is 5.56 Å². The van der Waals surface area contributed by atoms with Crippen molar-refractivity contribution in [1.82, 2.24) is 4.98 Å². The van der Waals surface area contributed by atoms with Gasteiger partial charge in [-0.1, -0.05) is 57.3 Å². The molecule has 1 aliphatic rings. The van der Waals surface area contributed by atoms with E-state index in [0.29, 0.717) is 40.7 Å². The Bertz CT molecular complexity index is 1590. The molecular formula is C34H38N2O8S. The third kappa shape index (κ3) is 7.37. The lowest BCUT2D eigenvalue weighted by Gasteiger charge is -2.24. The quantitative estimate of drug-likeness (QED) is 0.0519. The van der Waals surface area contributed by atoms with Gasteiger partial charge < -0.3 is 24.1 Å². The fraction of sp³-hybridized carbons (Fsp3) is 0.353. The molecule has 4 rings (SSSR count). The van der Waals surface area contributed by atoms with Crippen molar-refractivity contribution < 1.29 is 38.4 Å². The van der Waals surface area contributed by atoms with Crippen LogP contribution in [0.4, 0.5) is 5.13 Å². The second-order valence-electron chi connectivity index (χ2n) is 10.8. The normalized spacial score (nSPS) is 15.8. The molecule has 1 atom stereocenters. The number of methoxy groups -OCH3 is 1. The van der Waals surface area contributed by atoms with Gasteiger partial charge in [0.25, 0.3) is 5.78 Å². The Balaban J connectivity index is 1.83. The van der Waals surface area contributed by atoms with Gasteiger partial charge in [-0.05, 0) is 61.2 Å². The zero-order chi connectivity index (χ0) is 32.7. The first kappa shape index (κ1) is 33.3. The number of hydrogen-bond acceptors (Lipinski definition) is 10. The van der Waals surface area contributed by atoms with Crippen molar-refractivity contribution in [2.24, 2.45) is 5.92 Å². The highest BCUT2D eigenvalue weighted by Gasteiger charge is 2.48. The highest BCUT2D eigenvalue weighted by atomic mass is 32.1. The molecule has 1 N–H and O–H groups in total. The highest BCUT2D eigenvalue weighted by Crippen LogP contribution is 2.45. The number of hydrogen-bond donors (Lipinski definition) is 1. The van der Waals surface area contributed by atoms with E-state index in [0.717, 1.165) is 24.2 Å². The number of Topliss-reactive ketones (excluding diaryl/α,β-unsaturated/α-hetero) is 1. The number of amides is 1. The Morgan fingerprint density at radius 2 is 1.87 bits per heavy atom. The third-order valence-corrected chi connectivity index (χ3v) is 8.06. The van der Waals surface area contributed by atoms with Crippen LogP contribution < -0.4 is 19.1 Å². The number of benzene rings is 2. The molecule has 0 bridgehead atoms. The van der Waals surface area contributed by atoms with E-state index in [1.165, 1.54) is 12.0 Å². The van der Waals surface area contributed by atoms with Gasteiger partial charge >= 0.3 is 11.9 Å². The molecule has 1 amide bonds. The van der Waals surface area contributed by atoms with Gasteiger partial charge in [-0.3, -0.25) is 14.5 Å². The van der Waals surface area contributed by atoms with E-state index >= 15 is 0 Å². The summed E-state index contributed by atoms with van der Waals surface area (Å²) in [5, 5.41) is 11.7. The van der Waals surface area contributed by atoms with Crippen molar-refractivity contribution in [3.05, 3.63) is 82.4 Å².